The first-order valence-corrected chi connectivity index (χ1v) is 7.02. The van der Waals surface area contributed by atoms with Crippen molar-refractivity contribution in [3.8, 4) is 11.5 Å². The van der Waals surface area contributed by atoms with Gasteiger partial charge in [0, 0.05) is 6.07 Å². The normalized spacial score (nSPS) is 10.6. The fourth-order valence-electron chi connectivity index (χ4n) is 2.10. The molecule has 0 radical (unpaired) electrons. The highest BCUT2D eigenvalue weighted by Crippen LogP contribution is 2.22. The van der Waals surface area contributed by atoms with E-state index in [2.05, 4.69) is 0 Å². The molecule has 0 aliphatic rings. The minimum atomic E-state index is -0.248. The van der Waals surface area contributed by atoms with Gasteiger partial charge in [-0.25, -0.2) is 0 Å². The van der Waals surface area contributed by atoms with Gasteiger partial charge in [-0.3, -0.25) is 4.79 Å². The Morgan fingerprint density at radius 1 is 1.14 bits per heavy atom. The van der Waals surface area contributed by atoms with E-state index < -0.39 is 0 Å². The summed E-state index contributed by atoms with van der Waals surface area (Å²) in [6, 6.07) is 12.7. The fraction of sp³-hybridized carbons (Fsp3) is 0.118. The Hall–Kier alpha value is -2.46. The molecular formula is C17H13ClO4. The monoisotopic (exact) mass is 316 g/mol. The molecule has 0 spiro atoms. The predicted molar refractivity (Wildman–Crippen MR) is 84.8 cm³/mol. The molecule has 0 amide bonds. The zero-order valence-electron chi connectivity index (χ0n) is 11.8. The second-order valence-corrected chi connectivity index (χ2v) is 5.12. The van der Waals surface area contributed by atoms with E-state index in [1.54, 1.807) is 25.3 Å². The summed E-state index contributed by atoms with van der Waals surface area (Å²) >= 11 is 5.75. The quantitative estimate of drug-likeness (QED) is 0.729. The molecule has 3 rings (SSSR count). The number of halogens is 1. The third-order valence-corrected chi connectivity index (χ3v) is 3.50. The molecule has 1 aromatic heterocycles. The molecule has 2 aromatic carbocycles. The Kier molecular flexibility index (Phi) is 4.02. The van der Waals surface area contributed by atoms with Gasteiger partial charge in [-0.15, -0.1) is 0 Å². The summed E-state index contributed by atoms with van der Waals surface area (Å²) in [5.41, 5.74) is 1.18. The van der Waals surface area contributed by atoms with E-state index in [9.17, 15) is 4.79 Å². The fourth-order valence-corrected chi connectivity index (χ4v) is 2.25. The van der Waals surface area contributed by atoms with Gasteiger partial charge in [0.15, 0.2) is 0 Å². The van der Waals surface area contributed by atoms with E-state index >= 15 is 0 Å². The molecule has 0 bridgehead atoms. The van der Waals surface area contributed by atoms with Crippen LogP contribution in [0.2, 0.25) is 5.02 Å². The number of methoxy groups -OCH3 is 1. The largest absolute Gasteiger partial charge is 0.497 e. The third-order valence-electron chi connectivity index (χ3n) is 3.24. The molecule has 22 heavy (non-hydrogen) atoms. The Balaban J connectivity index is 1.82. The van der Waals surface area contributed by atoms with Crippen LogP contribution < -0.4 is 14.9 Å². The summed E-state index contributed by atoms with van der Waals surface area (Å²) in [6.45, 7) is 0.389. The minimum absolute atomic E-state index is 0.0672. The number of benzene rings is 2. The maximum Gasteiger partial charge on any atom is 0.211 e. The van der Waals surface area contributed by atoms with Crippen LogP contribution in [0.4, 0.5) is 0 Å². The maximum atomic E-state index is 11.8. The number of hydrogen-bond acceptors (Lipinski definition) is 4. The average Bonchev–Trinajstić information content (AvgIpc) is 2.56. The lowest BCUT2D eigenvalue weighted by Crippen LogP contribution is -2.01. The lowest BCUT2D eigenvalue weighted by Gasteiger charge is -2.08. The van der Waals surface area contributed by atoms with Crippen molar-refractivity contribution < 1.29 is 13.9 Å². The molecule has 0 fully saturated rings. The molecule has 3 aromatic rings. The van der Waals surface area contributed by atoms with Crippen molar-refractivity contribution >= 4 is 22.6 Å². The third kappa shape index (κ3) is 2.92. The lowest BCUT2D eigenvalue weighted by molar-refractivity contribution is 0.305. The van der Waals surface area contributed by atoms with Crippen LogP contribution in [-0.4, -0.2) is 7.11 Å². The molecule has 0 aliphatic carbocycles. The Labute approximate surface area is 131 Å². The van der Waals surface area contributed by atoms with Gasteiger partial charge in [0.05, 0.1) is 12.5 Å². The van der Waals surface area contributed by atoms with Crippen molar-refractivity contribution in [2.45, 2.75) is 6.61 Å². The summed E-state index contributed by atoms with van der Waals surface area (Å²) in [5.74, 6) is 1.39. The summed E-state index contributed by atoms with van der Waals surface area (Å²) in [6.07, 6.45) is 1.23. The predicted octanol–water partition coefficient (Wildman–Crippen LogP) is 4.03. The van der Waals surface area contributed by atoms with Gasteiger partial charge in [-0.2, -0.15) is 0 Å². The highest BCUT2D eigenvalue weighted by Gasteiger charge is 2.06. The number of hydrogen-bond donors (Lipinski definition) is 0. The van der Waals surface area contributed by atoms with Crippen molar-refractivity contribution in [1.29, 1.82) is 0 Å². The maximum absolute atomic E-state index is 11.8. The standard InChI is InChI=1S/C17H13ClO4/c1-20-12-4-2-3-11(7-12)9-21-13-5-6-14-16(8-13)22-10-15(18)17(14)19/h2-8,10H,9H2,1H3. The summed E-state index contributed by atoms with van der Waals surface area (Å²) in [4.78, 5) is 11.8. The molecule has 1 heterocycles. The first-order chi connectivity index (χ1) is 10.7. The number of fused-ring (bicyclic) bond motifs is 1. The molecular weight excluding hydrogens is 304 g/mol. The van der Waals surface area contributed by atoms with Crippen molar-refractivity contribution in [2.75, 3.05) is 7.11 Å². The lowest BCUT2D eigenvalue weighted by atomic mass is 10.2. The molecule has 0 unspecified atom stereocenters. The van der Waals surface area contributed by atoms with E-state index in [1.807, 2.05) is 24.3 Å². The van der Waals surface area contributed by atoms with Gasteiger partial charge in [0.1, 0.15) is 35.0 Å². The SMILES string of the molecule is COc1cccc(COc2ccc3c(=O)c(Cl)coc3c2)c1. The van der Waals surface area contributed by atoms with Crippen LogP contribution in [0.15, 0.2) is 57.9 Å². The molecule has 0 saturated carbocycles. The Morgan fingerprint density at radius 3 is 2.82 bits per heavy atom. The van der Waals surface area contributed by atoms with Crippen LogP contribution in [0.1, 0.15) is 5.56 Å². The molecule has 0 aliphatic heterocycles. The molecule has 4 nitrogen and oxygen atoms in total. The zero-order chi connectivity index (χ0) is 15.5. The van der Waals surface area contributed by atoms with Crippen LogP contribution in [-0.2, 0) is 6.61 Å². The van der Waals surface area contributed by atoms with E-state index in [0.717, 1.165) is 11.3 Å². The highest BCUT2D eigenvalue weighted by molar-refractivity contribution is 6.30. The van der Waals surface area contributed by atoms with Gasteiger partial charge >= 0.3 is 0 Å². The second-order valence-electron chi connectivity index (χ2n) is 4.71. The topological polar surface area (TPSA) is 48.7 Å². The first-order valence-electron chi connectivity index (χ1n) is 6.64. The Morgan fingerprint density at radius 2 is 2.00 bits per heavy atom. The van der Waals surface area contributed by atoms with Crippen LogP contribution in [0.25, 0.3) is 11.0 Å². The Bertz CT molecular complexity index is 870. The van der Waals surface area contributed by atoms with Gasteiger partial charge in [0.2, 0.25) is 5.43 Å². The number of rotatable bonds is 4. The van der Waals surface area contributed by atoms with E-state index in [0.29, 0.717) is 23.3 Å². The smallest absolute Gasteiger partial charge is 0.211 e. The summed E-state index contributed by atoms with van der Waals surface area (Å²) in [7, 11) is 1.62. The second kappa shape index (κ2) is 6.12. The van der Waals surface area contributed by atoms with Gasteiger partial charge in [0.25, 0.3) is 0 Å². The van der Waals surface area contributed by atoms with Crippen LogP contribution in [0, 0.1) is 0 Å². The van der Waals surface area contributed by atoms with Crippen molar-refractivity contribution in [1.82, 2.24) is 0 Å². The van der Waals surface area contributed by atoms with Gasteiger partial charge < -0.3 is 13.9 Å². The summed E-state index contributed by atoms with van der Waals surface area (Å²) < 4.78 is 16.2. The van der Waals surface area contributed by atoms with Crippen molar-refractivity contribution in [2.24, 2.45) is 0 Å². The van der Waals surface area contributed by atoms with Crippen molar-refractivity contribution in [3.05, 3.63) is 69.5 Å². The van der Waals surface area contributed by atoms with E-state index in [1.165, 1.54) is 6.26 Å². The average molecular weight is 317 g/mol. The van der Waals surface area contributed by atoms with Crippen LogP contribution >= 0.6 is 11.6 Å². The molecule has 5 heteroatoms. The number of ether oxygens (including phenoxy) is 2. The molecule has 0 atom stereocenters. The van der Waals surface area contributed by atoms with Crippen molar-refractivity contribution in [3.63, 3.8) is 0 Å². The summed E-state index contributed by atoms with van der Waals surface area (Å²) in [5, 5.41) is 0.499. The zero-order valence-corrected chi connectivity index (χ0v) is 12.6. The molecule has 112 valence electrons. The minimum Gasteiger partial charge on any atom is -0.497 e. The molecule has 0 N–H and O–H groups in total. The first kappa shape index (κ1) is 14.5. The van der Waals surface area contributed by atoms with E-state index in [-0.39, 0.29) is 10.5 Å². The van der Waals surface area contributed by atoms with Gasteiger partial charge in [-0.1, -0.05) is 23.7 Å². The molecule has 0 saturated heterocycles. The highest BCUT2D eigenvalue weighted by atomic mass is 35.5. The van der Waals surface area contributed by atoms with Gasteiger partial charge in [-0.05, 0) is 29.8 Å². The van der Waals surface area contributed by atoms with Crippen LogP contribution in [0.5, 0.6) is 11.5 Å². The van der Waals surface area contributed by atoms with E-state index in [4.69, 9.17) is 25.5 Å². The van der Waals surface area contributed by atoms with Crippen LogP contribution in [0.3, 0.4) is 0 Å².